The van der Waals surface area contributed by atoms with Crippen LogP contribution in [-0.4, -0.2) is 38.5 Å². The van der Waals surface area contributed by atoms with E-state index in [2.05, 4.69) is 16.7 Å². The lowest BCUT2D eigenvalue weighted by molar-refractivity contribution is -0.136. The lowest BCUT2D eigenvalue weighted by Gasteiger charge is -2.30. The molecule has 1 amide bonds. The minimum absolute atomic E-state index is 0.0470. The maximum atomic E-state index is 12.7. The highest BCUT2D eigenvalue weighted by Crippen LogP contribution is 2.44. The number of carbonyl (C=O) groups excluding carboxylic acids is 2. The van der Waals surface area contributed by atoms with Gasteiger partial charge in [-0.1, -0.05) is 36.0 Å². The minimum Gasteiger partial charge on any atom is -0.497 e. The molecule has 2 N–H and O–H groups in total. The van der Waals surface area contributed by atoms with Gasteiger partial charge < -0.3 is 24.8 Å². The van der Waals surface area contributed by atoms with Crippen molar-refractivity contribution in [3.8, 4) is 17.6 Å². The standard InChI is InChI=1S/C26H27N3O5S/c1-5-34-21-12-7-6-11-19(21)24-20(14-27)25(28-16(2)23(24)26(31)33-4)35-15-22(30)29-17-9-8-10-18(13-17)32-3/h6-13,24,28H,5,15H2,1-4H3,(H,29,30)/t24-/m0/s1. The van der Waals surface area contributed by atoms with E-state index in [9.17, 15) is 14.9 Å². The number of anilines is 1. The van der Waals surface area contributed by atoms with Gasteiger partial charge in [-0.15, -0.1) is 0 Å². The molecule has 8 nitrogen and oxygen atoms in total. The number of amides is 1. The number of nitrogens with zero attached hydrogens (tertiary/aromatic N) is 1. The van der Waals surface area contributed by atoms with Crippen LogP contribution in [0.25, 0.3) is 0 Å². The third kappa shape index (κ3) is 5.97. The first-order valence-corrected chi connectivity index (χ1v) is 11.9. The van der Waals surface area contributed by atoms with E-state index < -0.39 is 11.9 Å². The van der Waals surface area contributed by atoms with Crippen molar-refractivity contribution in [3.05, 3.63) is 76.0 Å². The van der Waals surface area contributed by atoms with E-state index in [1.807, 2.05) is 25.1 Å². The van der Waals surface area contributed by atoms with E-state index in [-0.39, 0.29) is 11.7 Å². The molecular weight excluding hydrogens is 466 g/mol. The van der Waals surface area contributed by atoms with E-state index >= 15 is 0 Å². The van der Waals surface area contributed by atoms with Crippen LogP contribution in [0.3, 0.4) is 0 Å². The Hall–Kier alpha value is -3.90. The van der Waals surface area contributed by atoms with Crippen LogP contribution >= 0.6 is 11.8 Å². The van der Waals surface area contributed by atoms with Crippen molar-refractivity contribution in [2.45, 2.75) is 19.8 Å². The van der Waals surface area contributed by atoms with Crippen molar-refractivity contribution >= 4 is 29.3 Å². The first-order valence-electron chi connectivity index (χ1n) is 10.9. The van der Waals surface area contributed by atoms with E-state index in [1.165, 1.54) is 18.9 Å². The summed E-state index contributed by atoms with van der Waals surface area (Å²) < 4.78 is 16.0. The third-order valence-corrected chi connectivity index (χ3v) is 6.30. The Kier molecular flexibility index (Phi) is 8.81. The molecule has 2 aromatic rings. The van der Waals surface area contributed by atoms with Gasteiger partial charge in [0.1, 0.15) is 11.5 Å². The molecule has 0 saturated heterocycles. The largest absolute Gasteiger partial charge is 0.497 e. The molecular formula is C26H27N3O5S. The molecule has 35 heavy (non-hydrogen) atoms. The molecule has 0 aromatic heterocycles. The molecule has 182 valence electrons. The van der Waals surface area contributed by atoms with Gasteiger partial charge >= 0.3 is 5.97 Å². The lowest BCUT2D eigenvalue weighted by Crippen LogP contribution is -2.29. The third-order valence-electron chi connectivity index (χ3n) is 5.28. The van der Waals surface area contributed by atoms with Crippen molar-refractivity contribution in [1.29, 1.82) is 5.26 Å². The summed E-state index contributed by atoms with van der Waals surface area (Å²) in [5.41, 5.74) is 2.45. The quantitative estimate of drug-likeness (QED) is 0.497. The number of rotatable bonds is 9. The average molecular weight is 494 g/mol. The van der Waals surface area contributed by atoms with E-state index in [1.54, 1.807) is 44.4 Å². The first kappa shape index (κ1) is 25.7. The lowest BCUT2D eigenvalue weighted by atomic mass is 9.82. The number of esters is 1. The second-order valence-corrected chi connectivity index (χ2v) is 8.47. The van der Waals surface area contributed by atoms with Crippen LogP contribution in [0.2, 0.25) is 0 Å². The van der Waals surface area contributed by atoms with Crippen LogP contribution in [0, 0.1) is 11.3 Å². The number of nitriles is 1. The highest BCUT2D eigenvalue weighted by molar-refractivity contribution is 8.03. The number of dihydropyridines is 1. The van der Waals surface area contributed by atoms with Crippen LogP contribution in [0.1, 0.15) is 25.3 Å². The highest BCUT2D eigenvalue weighted by atomic mass is 32.2. The summed E-state index contributed by atoms with van der Waals surface area (Å²) in [6.45, 7) is 4.04. The van der Waals surface area contributed by atoms with Gasteiger partial charge in [-0.2, -0.15) is 5.26 Å². The Labute approximate surface area is 208 Å². The predicted molar refractivity (Wildman–Crippen MR) is 135 cm³/mol. The molecule has 1 aliphatic heterocycles. The SMILES string of the molecule is CCOc1ccccc1[C@H]1C(C#N)=C(SCC(=O)Nc2cccc(OC)c2)NC(C)=C1C(=O)OC. The monoisotopic (exact) mass is 493 g/mol. The summed E-state index contributed by atoms with van der Waals surface area (Å²) >= 11 is 1.19. The molecule has 2 aromatic carbocycles. The number of methoxy groups -OCH3 is 2. The number of nitrogens with one attached hydrogen (secondary N) is 2. The Balaban J connectivity index is 1.93. The fourth-order valence-corrected chi connectivity index (χ4v) is 4.65. The van der Waals surface area contributed by atoms with Gasteiger partial charge in [-0.3, -0.25) is 4.79 Å². The molecule has 1 aliphatic rings. The van der Waals surface area contributed by atoms with E-state index in [0.29, 0.717) is 51.2 Å². The van der Waals surface area contributed by atoms with Crippen molar-refractivity contribution in [3.63, 3.8) is 0 Å². The molecule has 0 saturated carbocycles. The van der Waals surface area contributed by atoms with E-state index in [0.717, 1.165) is 0 Å². The number of carbonyl (C=O) groups is 2. The fourth-order valence-electron chi connectivity index (χ4n) is 3.76. The average Bonchev–Trinajstić information content (AvgIpc) is 2.87. The topological polar surface area (TPSA) is 110 Å². The summed E-state index contributed by atoms with van der Waals surface area (Å²) in [5.74, 6) is -0.249. The van der Waals surface area contributed by atoms with Crippen LogP contribution in [0.15, 0.2) is 70.4 Å². The van der Waals surface area contributed by atoms with Crippen molar-refractivity contribution in [2.24, 2.45) is 0 Å². The predicted octanol–water partition coefficient (Wildman–Crippen LogP) is 4.33. The summed E-state index contributed by atoms with van der Waals surface area (Å²) in [6.07, 6.45) is 0. The van der Waals surface area contributed by atoms with Gasteiger partial charge in [0.2, 0.25) is 5.91 Å². The Morgan fingerprint density at radius 2 is 1.94 bits per heavy atom. The number of hydrogen-bond acceptors (Lipinski definition) is 8. The van der Waals surface area contributed by atoms with Gasteiger partial charge in [0.05, 0.1) is 54.7 Å². The molecule has 0 unspecified atom stereocenters. The number of para-hydroxylation sites is 1. The van der Waals surface area contributed by atoms with Gasteiger partial charge in [0, 0.05) is 23.0 Å². The molecule has 0 radical (unpaired) electrons. The van der Waals surface area contributed by atoms with Gasteiger partial charge in [0.25, 0.3) is 0 Å². The Morgan fingerprint density at radius 3 is 2.63 bits per heavy atom. The molecule has 0 aliphatic carbocycles. The molecule has 0 bridgehead atoms. The molecule has 3 rings (SSSR count). The number of thioether (sulfide) groups is 1. The van der Waals surface area contributed by atoms with Crippen molar-refractivity contribution in [2.75, 3.05) is 31.9 Å². The molecule has 9 heteroatoms. The number of ether oxygens (including phenoxy) is 3. The van der Waals surface area contributed by atoms with Gasteiger partial charge in [0.15, 0.2) is 0 Å². The highest BCUT2D eigenvalue weighted by Gasteiger charge is 2.37. The number of allylic oxidation sites excluding steroid dienone is 2. The number of hydrogen-bond donors (Lipinski definition) is 2. The summed E-state index contributed by atoms with van der Waals surface area (Å²) in [5, 5.41) is 16.6. The molecule has 1 atom stereocenters. The summed E-state index contributed by atoms with van der Waals surface area (Å²) in [7, 11) is 2.86. The van der Waals surface area contributed by atoms with Crippen molar-refractivity contribution in [1.82, 2.24) is 5.32 Å². The smallest absolute Gasteiger partial charge is 0.336 e. The second kappa shape index (κ2) is 12.0. The zero-order valence-corrected chi connectivity index (χ0v) is 20.8. The molecule has 0 fully saturated rings. The zero-order chi connectivity index (χ0) is 25.4. The van der Waals surface area contributed by atoms with Crippen LogP contribution in [-0.2, 0) is 14.3 Å². The van der Waals surface area contributed by atoms with Gasteiger partial charge in [-0.05, 0) is 32.0 Å². The zero-order valence-electron chi connectivity index (χ0n) is 20.0. The maximum Gasteiger partial charge on any atom is 0.336 e. The van der Waals surface area contributed by atoms with Gasteiger partial charge in [-0.25, -0.2) is 4.79 Å². The molecule has 0 spiro atoms. The minimum atomic E-state index is -0.708. The Bertz CT molecular complexity index is 1220. The first-order chi connectivity index (χ1) is 16.9. The Morgan fingerprint density at radius 1 is 1.17 bits per heavy atom. The van der Waals surface area contributed by atoms with E-state index in [4.69, 9.17) is 14.2 Å². The van der Waals surface area contributed by atoms with Crippen LogP contribution in [0.4, 0.5) is 5.69 Å². The second-order valence-electron chi connectivity index (χ2n) is 7.48. The summed E-state index contributed by atoms with van der Waals surface area (Å²) in [4.78, 5) is 25.4. The van der Waals surface area contributed by atoms with Crippen LogP contribution in [0.5, 0.6) is 11.5 Å². The summed E-state index contributed by atoms with van der Waals surface area (Å²) in [6, 6.07) is 16.6. The normalized spacial score (nSPS) is 15.1. The molecule has 1 heterocycles. The van der Waals surface area contributed by atoms with Crippen molar-refractivity contribution < 1.29 is 23.8 Å². The fraction of sp³-hybridized carbons (Fsp3) is 0.269. The number of benzene rings is 2. The van der Waals surface area contributed by atoms with Crippen LogP contribution < -0.4 is 20.1 Å². The maximum absolute atomic E-state index is 12.7.